The smallest absolute Gasteiger partial charge is 0.126 e. The van der Waals surface area contributed by atoms with E-state index in [4.69, 9.17) is 9.94 Å². The first-order valence-corrected chi connectivity index (χ1v) is 3.47. The highest BCUT2D eigenvalue weighted by molar-refractivity contribution is 5.33. The molecule has 1 aromatic rings. The van der Waals surface area contributed by atoms with Crippen LogP contribution < -0.4 is 10.2 Å². The Labute approximate surface area is 69.7 Å². The van der Waals surface area contributed by atoms with E-state index >= 15 is 0 Å². The predicted octanol–water partition coefficient (Wildman–Crippen LogP) is 1.31. The van der Waals surface area contributed by atoms with Gasteiger partial charge in [0.25, 0.3) is 0 Å². The van der Waals surface area contributed by atoms with Crippen molar-refractivity contribution in [3.63, 3.8) is 0 Å². The summed E-state index contributed by atoms with van der Waals surface area (Å²) in [5.74, 6) is 0.0742. The van der Waals surface area contributed by atoms with Gasteiger partial charge in [-0.2, -0.15) is 0 Å². The monoisotopic (exact) mass is 171 g/mol. The molecule has 0 aliphatic heterocycles. The van der Waals surface area contributed by atoms with E-state index in [1.807, 2.05) is 5.48 Å². The van der Waals surface area contributed by atoms with Gasteiger partial charge in [-0.1, -0.05) is 6.07 Å². The molecule has 1 rings (SSSR count). The summed E-state index contributed by atoms with van der Waals surface area (Å²) in [7, 11) is 1.45. The molecule has 0 amide bonds. The quantitative estimate of drug-likeness (QED) is 0.674. The normalized spacial score (nSPS) is 9.92. The van der Waals surface area contributed by atoms with Crippen LogP contribution in [0.4, 0.5) is 4.39 Å². The third-order valence-electron chi connectivity index (χ3n) is 1.52. The molecule has 0 unspecified atom stereocenters. The Hall–Kier alpha value is -1.13. The third kappa shape index (κ3) is 1.93. The van der Waals surface area contributed by atoms with Crippen molar-refractivity contribution < 1.29 is 14.3 Å². The summed E-state index contributed by atoms with van der Waals surface area (Å²) >= 11 is 0. The van der Waals surface area contributed by atoms with E-state index in [-0.39, 0.29) is 12.4 Å². The van der Waals surface area contributed by atoms with Crippen molar-refractivity contribution >= 4 is 0 Å². The average molecular weight is 171 g/mol. The maximum atomic E-state index is 12.6. The van der Waals surface area contributed by atoms with Crippen molar-refractivity contribution in [1.29, 1.82) is 0 Å². The Morgan fingerprint density at radius 2 is 2.33 bits per heavy atom. The molecular weight excluding hydrogens is 161 g/mol. The average Bonchev–Trinajstić information content (AvgIpc) is 2.08. The standard InChI is InChI=1S/C8H10FNO2/c1-12-8-4-7(9)3-2-6(8)5-10-11/h2-4,10-11H,5H2,1H3. The van der Waals surface area contributed by atoms with E-state index in [9.17, 15) is 4.39 Å². The van der Waals surface area contributed by atoms with Gasteiger partial charge < -0.3 is 9.94 Å². The minimum absolute atomic E-state index is 0.240. The van der Waals surface area contributed by atoms with Crippen LogP contribution in [0, 0.1) is 5.82 Å². The van der Waals surface area contributed by atoms with Gasteiger partial charge in [-0.15, -0.1) is 0 Å². The maximum Gasteiger partial charge on any atom is 0.126 e. The van der Waals surface area contributed by atoms with Crippen LogP contribution in [0.15, 0.2) is 18.2 Å². The molecule has 66 valence electrons. The minimum Gasteiger partial charge on any atom is -0.496 e. The second kappa shape index (κ2) is 4.04. The molecule has 0 fully saturated rings. The molecule has 1 aromatic carbocycles. The minimum atomic E-state index is -0.353. The zero-order valence-corrected chi connectivity index (χ0v) is 6.67. The summed E-state index contributed by atoms with van der Waals surface area (Å²) in [5, 5.41) is 8.41. The van der Waals surface area contributed by atoms with E-state index in [0.29, 0.717) is 11.3 Å². The molecule has 0 saturated carbocycles. The third-order valence-corrected chi connectivity index (χ3v) is 1.52. The number of methoxy groups -OCH3 is 1. The molecule has 0 bridgehead atoms. The number of halogens is 1. The van der Waals surface area contributed by atoms with Crippen LogP contribution in [0.25, 0.3) is 0 Å². The molecule has 4 heteroatoms. The number of hydrogen-bond acceptors (Lipinski definition) is 3. The van der Waals surface area contributed by atoms with E-state index in [0.717, 1.165) is 0 Å². The topological polar surface area (TPSA) is 41.5 Å². The lowest BCUT2D eigenvalue weighted by atomic mass is 10.2. The Bertz CT molecular complexity index is 265. The lowest BCUT2D eigenvalue weighted by Crippen LogP contribution is -2.07. The Morgan fingerprint density at radius 1 is 1.58 bits per heavy atom. The fourth-order valence-electron chi connectivity index (χ4n) is 0.950. The zero-order chi connectivity index (χ0) is 8.97. The van der Waals surface area contributed by atoms with E-state index in [2.05, 4.69) is 0 Å². The van der Waals surface area contributed by atoms with Gasteiger partial charge in [-0.25, -0.2) is 9.87 Å². The first kappa shape index (κ1) is 8.96. The molecule has 2 N–H and O–H groups in total. The molecule has 0 spiro atoms. The first-order chi connectivity index (χ1) is 5.77. The first-order valence-electron chi connectivity index (χ1n) is 3.47. The van der Waals surface area contributed by atoms with Gasteiger partial charge in [-0.3, -0.25) is 0 Å². The van der Waals surface area contributed by atoms with Crippen molar-refractivity contribution in [3.8, 4) is 5.75 Å². The summed E-state index contributed by atoms with van der Waals surface area (Å²) in [6, 6.07) is 4.14. The summed E-state index contributed by atoms with van der Waals surface area (Å²) in [4.78, 5) is 0. The Morgan fingerprint density at radius 3 is 2.92 bits per heavy atom. The van der Waals surface area contributed by atoms with Gasteiger partial charge in [-0.05, 0) is 6.07 Å². The number of nitrogens with one attached hydrogen (secondary N) is 1. The Balaban J connectivity index is 2.94. The van der Waals surface area contributed by atoms with Gasteiger partial charge in [0.05, 0.1) is 7.11 Å². The summed E-state index contributed by atoms with van der Waals surface area (Å²) in [6.45, 7) is 0.240. The molecule has 12 heavy (non-hydrogen) atoms. The second-order valence-corrected chi connectivity index (χ2v) is 2.29. The summed E-state index contributed by atoms with van der Waals surface area (Å²) in [6.07, 6.45) is 0. The molecule has 0 atom stereocenters. The predicted molar refractivity (Wildman–Crippen MR) is 41.6 cm³/mol. The van der Waals surface area contributed by atoms with Crippen LogP contribution in [-0.4, -0.2) is 12.3 Å². The van der Waals surface area contributed by atoms with E-state index in [1.54, 1.807) is 6.07 Å². The van der Waals surface area contributed by atoms with Gasteiger partial charge in [0.15, 0.2) is 0 Å². The van der Waals surface area contributed by atoms with Gasteiger partial charge >= 0.3 is 0 Å². The highest BCUT2D eigenvalue weighted by Crippen LogP contribution is 2.18. The van der Waals surface area contributed by atoms with Crippen LogP contribution in [0.5, 0.6) is 5.75 Å². The number of rotatable bonds is 3. The molecule has 0 saturated heterocycles. The maximum absolute atomic E-state index is 12.6. The van der Waals surface area contributed by atoms with E-state index < -0.39 is 0 Å². The van der Waals surface area contributed by atoms with Crippen molar-refractivity contribution in [2.24, 2.45) is 0 Å². The fourth-order valence-corrected chi connectivity index (χ4v) is 0.950. The van der Waals surface area contributed by atoms with Gasteiger partial charge in [0.2, 0.25) is 0 Å². The molecule has 0 radical (unpaired) electrons. The van der Waals surface area contributed by atoms with Crippen LogP contribution in [0.3, 0.4) is 0 Å². The summed E-state index contributed by atoms with van der Waals surface area (Å²) in [5.41, 5.74) is 2.69. The van der Waals surface area contributed by atoms with Crippen LogP contribution >= 0.6 is 0 Å². The van der Waals surface area contributed by atoms with Crippen molar-refractivity contribution in [2.45, 2.75) is 6.54 Å². The number of hydrogen-bond donors (Lipinski definition) is 2. The van der Waals surface area contributed by atoms with Crippen molar-refractivity contribution in [2.75, 3.05) is 7.11 Å². The summed E-state index contributed by atoms with van der Waals surface area (Å²) < 4.78 is 17.5. The lowest BCUT2D eigenvalue weighted by Gasteiger charge is -2.06. The molecule has 0 aliphatic rings. The fraction of sp³-hybridized carbons (Fsp3) is 0.250. The zero-order valence-electron chi connectivity index (χ0n) is 6.67. The highest BCUT2D eigenvalue weighted by atomic mass is 19.1. The number of ether oxygens (including phenoxy) is 1. The van der Waals surface area contributed by atoms with Crippen molar-refractivity contribution in [1.82, 2.24) is 5.48 Å². The molecule has 0 heterocycles. The van der Waals surface area contributed by atoms with Gasteiger partial charge in [0, 0.05) is 18.2 Å². The van der Waals surface area contributed by atoms with Crippen LogP contribution in [-0.2, 0) is 6.54 Å². The SMILES string of the molecule is COc1cc(F)ccc1CNO. The van der Waals surface area contributed by atoms with Crippen LogP contribution in [0.2, 0.25) is 0 Å². The second-order valence-electron chi connectivity index (χ2n) is 2.29. The molecule has 3 nitrogen and oxygen atoms in total. The van der Waals surface area contributed by atoms with E-state index in [1.165, 1.54) is 19.2 Å². The number of hydroxylamine groups is 1. The molecule has 0 aliphatic carbocycles. The van der Waals surface area contributed by atoms with Crippen LogP contribution in [0.1, 0.15) is 5.56 Å². The Kier molecular flexibility index (Phi) is 3.01. The highest BCUT2D eigenvalue weighted by Gasteiger charge is 2.02. The van der Waals surface area contributed by atoms with Crippen molar-refractivity contribution in [3.05, 3.63) is 29.6 Å². The molecule has 0 aromatic heterocycles. The largest absolute Gasteiger partial charge is 0.496 e. The molecular formula is C8H10FNO2. The number of benzene rings is 1. The van der Waals surface area contributed by atoms with Gasteiger partial charge in [0.1, 0.15) is 11.6 Å². The lowest BCUT2D eigenvalue weighted by molar-refractivity contribution is 0.160.